The van der Waals surface area contributed by atoms with E-state index >= 15 is 0 Å². The molecular formula is C41H46N2O6. The van der Waals surface area contributed by atoms with Crippen molar-refractivity contribution in [3.8, 4) is 23.0 Å². The monoisotopic (exact) mass is 662 g/mol. The van der Waals surface area contributed by atoms with E-state index in [0.29, 0.717) is 23.0 Å². The van der Waals surface area contributed by atoms with Crippen LogP contribution in [0.4, 0.5) is 11.4 Å². The van der Waals surface area contributed by atoms with Gasteiger partial charge in [-0.2, -0.15) is 0 Å². The van der Waals surface area contributed by atoms with Crippen LogP contribution in [-0.2, 0) is 5.41 Å². The van der Waals surface area contributed by atoms with Crippen LogP contribution in [0.3, 0.4) is 0 Å². The van der Waals surface area contributed by atoms with Gasteiger partial charge in [0.25, 0.3) is 11.4 Å². The minimum Gasteiger partial charge on any atom is -0.457 e. The quantitative estimate of drug-likeness (QED) is 0.0801. The third kappa shape index (κ3) is 8.30. The Kier molecular flexibility index (Phi) is 10.9. The molecule has 0 atom stereocenters. The number of nitro groups is 2. The van der Waals surface area contributed by atoms with Gasteiger partial charge in [0.15, 0.2) is 0 Å². The molecule has 0 aromatic heterocycles. The van der Waals surface area contributed by atoms with Crippen LogP contribution in [0.25, 0.3) is 0 Å². The molecule has 0 aliphatic heterocycles. The van der Waals surface area contributed by atoms with Gasteiger partial charge in [0, 0.05) is 29.7 Å². The highest BCUT2D eigenvalue weighted by molar-refractivity contribution is 5.46. The van der Waals surface area contributed by atoms with Gasteiger partial charge in [0.2, 0.25) is 0 Å². The summed E-state index contributed by atoms with van der Waals surface area (Å²) in [5.74, 6) is 4.99. The molecule has 0 heterocycles. The van der Waals surface area contributed by atoms with Crippen molar-refractivity contribution in [1.29, 1.82) is 0 Å². The smallest absolute Gasteiger partial charge is 0.269 e. The Bertz CT molecular complexity index is 1570. The summed E-state index contributed by atoms with van der Waals surface area (Å²) in [4.78, 5) is 21.3. The van der Waals surface area contributed by atoms with Gasteiger partial charge in [0.05, 0.1) is 9.85 Å². The highest BCUT2D eigenvalue weighted by Crippen LogP contribution is 2.51. The van der Waals surface area contributed by atoms with E-state index in [9.17, 15) is 20.2 Å². The Morgan fingerprint density at radius 2 is 0.959 bits per heavy atom. The molecule has 8 heteroatoms. The lowest BCUT2D eigenvalue weighted by molar-refractivity contribution is -0.385. The Balaban J connectivity index is 1.18. The van der Waals surface area contributed by atoms with Crippen molar-refractivity contribution in [2.75, 3.05) is 0 Å². The van der Waals surface area contributed by atoms with E-state index in [1.807, 2.05) is 24.3 Å². The Morgan fingerprint density at radius 3 is 1.35 bits per heavy atom. The topological polar surface area (TPSA) is 105 Å². The molecule has 0 N–H and O–H groups in total. The number of rotatable bonds is 13. The highest BCUT2D eigenvalue weighted by atomic mass is 16.6. The Morgan fingerprint density at radius 1 is 0.571 bits per heavy atom. The molecule has 49 heavy (non-hydrogen) atoms. The summed E-state index contributed by atoms with van der Waals surface area (Å²) in [6.07, 6.45) is 15.5. The fraction of sp³-hybridized carbons (Fsp3) is 0.415. The maximum absolute atomic E-state index is 11.0. The molecule has 2 saturated carbocycles. The molecule has 2 aliphatic carbocycles. The molecule has 0 saturated heterocycles. The van der Waals surface area contributed by atoms with Crippen LogP contribution in [-0.4, -0.2) is 9.85 Å². The average Bonchev–Trinajstić information content (AvgIpc) is 3.13. The number of ether oxygens (including phenoxy) is 2. The fourth-order valence-corrected chi connectivity index (χ4v) is 8.21. The van der Waals surface area contributed by atoms with Gasteiger partial charge in [-0.15, -0.1) is 0 Å². The molecular weight excluding hydrogens is 616 g/mol. The van der Waals surface area contributed by atoms with Crippen LogP contribution in [0.1, 0.15) is 95.1 Å². The Hall–Kier alpha value is -4.72. The van der Waals surface area contributed by atoms with Crippen molar-refractivity contribution >= 4 is 11.4 Å². The number of hydrogen-bond acceptors (Lipinski definition) is 6. The summed E-state index contributed by atoms with van der Waals surface area (Å²) in [5.41, 5.74) is 2.43. The van der Waals surface area contributed by atoms with Gasteiger partial charge >= 0.3 is 0 Å². The molecule has 256 valence electrons. The van der Waals surface area contributed by atoms with E-state index in [-0.39, 0.29) is 16.8 Å². The zero-order valence-corrected chi connectivity index (χ0v) is 28.3. The number of benzene rings is 4. The van der Waals surface area contributed by atoms with Crippen LogP contribution in [0, 0.1) is 38.0 Å². The van der Waals surface area contributed by atoms with Crippen molar-refractivity contribution in [3.63, 3.8) is 0 Å². The van der Waals surface area contributed by atoms with Crippen LogP contribution in [0.15, 0.2) is 97.1 Å². The molecule has 4 aromatic rings. The predicted molar refractivity (Wildman–Crippen MR) is 192 cm³/mol. The zero-order valence-electron chi connectivity index (χ0n) is 28.3. The van der Waals surface area contributed by atoms with E-state index < -0.39 is 9.85 Å². The lowest BCUT2D eigenvalue weighted by atomic mass is 9.60. The van der Waals surface area contributed by atoms with Crippen molar-refractivity contribution in [1.82, 2.24) is 0 Å². The molecule has 0 bridgehead atoms. The van der Waals surface area contributed by atoms with Crippen LogP contribution in [0.2, 0.25) is 0 Å². The SMILES string of the molecule is CCCCC[C@H]1CC[C@@H](C2CCC(c3ccc(Oc4ccc([N+](=O)[O-])cc4)cc3)(c3ccc(Oc4ccc([N+](=O)[O-])cc4)cc3)CC2)CC1. The summed E-state index contributed by atoms with van der Waals surface area (Å²) >= 11 is 0. The average molecular weight is 663 g/mol. The van der Waals surface area contributed by atoms with Crippen molar-refractivity contribution < 1.29 is 19.3 Å². The molecule has 0 unspecified atom stereocenters. The molecule has 8 nitrogen and oxygen atoms in total. The molecule has 2 aliphatic rings. The summed E-state index contributed by atoms with van der Waals surface area (Å²) in [5, 5.41) is 22.1. The van der Waals surface area contributed by atoms with Gasteiger partial charge in [-0.3, -0.25) is 20.2 Å². The van der Waals surface area contributed by atoms with E-state index in [1.54, 1.807) is 24.3 Å². The molecule has 4 aromatic carbocycles. The minimum atomic E-state index is -0.416. The second-order valence-corrected chi connectivity index (χ2v) is 14.0. The maximum Gasteiger partial charge on any atom is 0.269 e. The first-order valence-electron chi connectivity index (χ1n) is 17.9. The standard InChI is InChI=1S/C41H46N2O6/c1-2-3-4-5-30-6-8-31(9-7-30)32-26-28-41(29-27-32,33-10-18-37(19-11-33)48-39-22-14-35(15-23-39)42(44)45)34-12-20-38(21-13-34)49-40-24-16-36(17-25-40)43(46)47/h10-25,30-32H,2-9,26-29H2,1H3/t30-,31+. The third-order valence-corrected chi connectivity index (χ3v) is 11.0. The van der Waals surface area contributed by atoms with E-state index in [0.717, 1.165) is 30.6 Å². The largest absolute Gasteiger partial charge is 0.457 e. The molecule has 0 radical (unpaired) electrons. The first-order chi connectivity index (χ1) is 23.8. The normalized spacial score (nSPS) is 19.2. The van der Waals surface area contributed by atoms with Crippen molar-refractivity contribution in [3.05, 3.63) is 128 Å². The first-order valence-corrected chi connectivity index (χ1v) is 17.9. The Labute approximate surface area is 288 Å². The minimum absolute atomic E-state index is 0.0319. The fourth-order valence-electron chi connectivity index (χ4n) is 8.21. The summed E-state index contributed by atoms with van der Waals surface area (Å²) in [6.45, 7) is 2.29. The predicted octanol–water partition coefficient (Wildman–Crippen LogP) is 12.0. The zero-order chi connectivity index (χ0) is 34.2. The number of nitrogens with zero attached hydrogens (tertiary/aromatic N) is 2. The summed E-state index contributed by atoms with van der Waals surface area (Å²) in [7, 11) is 0. The lowest BCUT2D eigenvalue weighted by Crippen LogP contribution is -2.35. The highest BCUT2D eigenvalue weighted by Gasteiger charge is 2.41. The van der Waals surface area contributed by atoms with E-state index in [1.165, 1.54) is 99.6 Å². The molecule has 0 amide bonds. The second kappa shape index (κ2) is 15.7. The van der Waals surface area contributed by atoms with Gasteiger partial charge in [-0.1, -0.05) is 69.7 Å². The van der Waals surface area contributed by atoms with E-state index in [2.05, 4.69) is 31.2 Å². The van der Waals surface area contributed by atoms with Crippen molar-refractivity contribution in [2.24, 2.45) is 17.8 Å². The van der Waals surface area contributed by atoms with Gasteiger partial charge < -0.3 is 9.47 Å². The first kappa shape index (κ1) is 34.2. The number of unbranched alkanes of at least 4 members (excludes halogenated alkanes) is 2. The molecule has 6 rings (SSSR count). The van der Waals surface area contributed by atoms with Gasteiger partial charge in [-0.25, -0.2) is 0 Å². The number of hydrogen-bond donors (Lipinski definition) is 0. The van der Waals surface area contributed by atoms with Crippen LogP contribution < -0.4 is 9.47 Å². The number of nitro benzene ring substituents is 2. The van der Waals surface area contributed by atoms with Crippen LogP contribution in [0.5, 0.6) is 23.0 Å². The van der Waals surface area contributed by atoms with Crippen LogP contribution >= 0.6 is 0 Å². The lowest BCUT2D eigenvalue weighted by Gasteiger charge is -2.44. The third-order valence-electron chi connectivity index (χ3n) is 11.0. The van der Waals surface area contributed by atoms with Gasteiger partial charge in [0.1, 0.15) is 23.0 Å². The summed E-state index contributed by atoms with van der Waals surface area (Å²) in [6, 6.07) is 28.9. The maximum atomic E-state index is 11.0. The molecule has 0 spiro atoms. The van der Waals surface area contributed by atoms with Gasteiger partial charge in [-0.05, 0) is 116 Å². The second-order valence-electron chi connectivity index (χ2n) is 14.0. The molecule has 2 fully saturated rings. The van der Waals surface area contributed by atoms with Crippen molar-refractivity contribution in [2.45, 2.75) is 89.4 Å². The number of non-ortho nitro benzene ring substituents is 2. The summed E-state index contributed by atoms with van der Waals surface area (Å²) < 4.78 is 12.1. The van der Waals surface area contributed by atoms with E-state index in [4.69, 9.17) is 9.47 Å².